The Balaban J connectivity index is 1.15. The van der Waals surface area contributed by atoms with Crippen LogP contribution in [0.2, 0.25) is 0 Å². The predicted molar refractivity (Wildman–Crippen MR) is 161 cm³/mol. The largest absolute Gasteiger partial charge is 0.493 e. The molecule has 0 unspecified atom stereocenters. The van der Waals surface area contributed by atoms with Gasteiger partial charge in [-0.2, -0.15) is 5.10 Å². The summed E-state index contributed by atoms with van der Waals surface area (Å²) < 4.78 is 32.3. The number of benzene rings is 4. The fraction of sp³-hybridized carbons (Fsp3) is 0.0909. The van der Waals surface area contributed by atoms with E-state index in [4.69, 9.17) is 28.4 Å². The van der Waals surface area contributed by atoms with E-state index in [2.05, 4.69) is 15.8 Å². The van der Waals surface area contributed by atoms with Gasteiger partial charge in [0.05, 0.1) is 18.9 Å². The highest BCUT2D eigenvalue weighted by atomic mass is 16.7. The zero-order chi connectivity index (χ0) is 31.2. The molecule has 4 aromatic rings. The summed E-state index contributed by atoms with van der Waals surface area (Å²) in [6, 6.07) is 23.1. The van der Waals surface area contributed by atoms with Gasteiger partial charge in [0.15, 0.2) is 34.5 Å². The van der Waals surface area contributed by atoms with E-state index in [9.17, 15) is 14.4 Å². The summed E-state index contributed by atoms with van der Waals surface area (Å²) in [4.78, 5) is 38.8. The van der Waals surface area contributed by atoms with Crippen molar-refractivity contribution in [1.29, 1.82) is 0 Å². The molecular formula is C33H25N3O9. The molecule has 0 aromatic heterocycles. The number of hydrogen-bond acceptors (Lipinski definition) is 10. The van der Waals surface area contributed by atoms with Crippen LogP contribution >= 0.6 is 0 Å². The number of esters is 1. The van der Waals surface area contributed by atoms with Crippen LogP contribution in [-0.4, -0.2) is 44.7 Å². The molecule has 0 fully saturated rings. The molecule has 2 amide bonds. The van der Waals surface area contributed by atoms with Crippen LogP contribution in [0.1, 0.15) is 31.8 Å². The number of fused-ring (bicyclic) bond motifs is 2. The van der Waals surface area contributed by atoms with Crippen LogP contribution in [0.15, 0.2) is 95.7 Å². The lowest BCUT2D eigenvalue weighted by Gasteiger charge is -2.11. The highest BCUT2D eigenvalue weighted by molar-refractivity contribution is 6.05. The molecule has 2 aliphatic rings. The van der Waals surface area contributed by atoms with Crippen molar-refractivity contribution < 1.29 is 42.8 Å². The highest BCUT2D eigenvalue weighted by Crippen LogP contribution is 2.34. The van der Waals surface area contributed by atoms with E-state index in [0.717, 1.165) is 0 Å². The molecule has 45 heavy (non-hydrogen) atoms. The van der Waals surface area contributed by atoms with Crippen molar-refractivity contribution in [3.63, 3.8) is 0 Å². The number of amides is 2. The number of methoxy groups -OCH3 is 1. The highest BCUT2D eigenvalue weighted by Gasteiger charge is 2.20. The molecule has 0 saturated heterocycles. The number of nitrogens with one attached hydrogen (secondary N) is 2. The summed E-state index contributed by atoms with van der Waals surface area (Å²) in [6.07, 6.45) is 2.88. The molecule has 2 N–H and O–H groups in total. The Bertz CT molecular complexity index is 1840. The number of carbonyl (C=O) groups is 3. The monoisotopic (exact) mass is 607 g/mol. The normalized spacial score (nSPS) is 13.0. The Morgan fingerprint density at radius 2 is 1.42 bits per heavy atom. The Morgan fingerprint density at radius 1 is 0.733 bits per heavy atom. The van der Waals surface area contributed by atoms with Crippen LogP contribution in [0.3, 0.4) is 0 Å². The van der Waals surface area contributed by atoms with Gasteiger partial charge >= 0.3 is 5.97 Å². The van der Waals surface area contributed by atoms with Gasteiger partial charge < -0.3 is 33.7 Å². The van der Waals surface area contributed by atoms with Crippen molar-refractivity contribution in [2.24, 2.45) is 5.10 Å². The minimum Gasteiger partial charge on any atom is -0.493 e. The molecule has 6 rings (SSSR count). The minimum atomic E-state index is -0.672. The number of rotatable bonds is 9. The SMILES string of the molecule is COc1cc(/C=N\NC(=O)/C(=C\c2ccc3c(c2)OCO3)NC(=O)c2ccccc2)ccc1OC(=O)c1ccc2c(c1)OCO2. The lowest BCUT2D eigenvalue weighted by Crippen LogP contribution is -2.32. The third kappa shape index (κ3) is 6.70. The van der Waals surface area contributed by atoms with Gasteiger partial charge in [-0.1, -0.05) is 24.3 Å². The minimum absolute atomic E-state index is 0.0526. The van der Waals surface area contributed by atoms with Crippen LogP contribution in [0, 0.1) is 0 Å². The molecule has 2 aliphatic heterocycles. The second-order valence-electron chi connectivity index (χ2n) is 9.56. The number of hydrazone groups is 1. The van der Waals surface area contributed by atoms with Crippen molar-refractivity contribution in [2.75, 3.05) is 20.7 Å². The Labute approximate surface area is 256 Å². The van der Waals surface area contributed by atoms with Gasteiger partial charge in [0.25, 0.3) is 11.8 Å². The summed E-state index contributed by atoms with van der Waals surface area (Å²) >= 11 is 0. The lowest BCUT2D eigenvalue weighted by atomic mass is 10.1. The maximum absolute atomic E-state index is 13.2. The van der Waals surface area contributed by atoms with Crippen LogP contribution < -0.4 is 39.2 Å². The molecule has 0 bridgehead atoms. The quantitative estimate of drug-likeness (QED) is 0.0936. The molecule has 226 valence electrons. The molecule has 0 saturated carbocycles. The maximum Gasteiger partial charge on any atom is 0.343 e. The fourth-order valence-electron chi connectivity index (χ4n) is 4.37. The van der Waals surface area contributed by atoms with Crippen LogP contribution in [0.25, 0.3) is 6.08 Å². The third-order valence-corrected chi connectivity index (χ3v) is 6.61. The van der Waals surface area contributed by atoms with Crippen molar-refractivity contribution in [2.45, 2.75) is 0 Å². The molecule has 0 atom stereocenters. The predicted octanol–water partition coefficient (Wildman–Crippen LogP) is 4.29. The second kappa shape index (κ2) is 12.9. The molecule has 0 spiro atoms. The van der Waals surface area contributed by atoms with Gasteiger partial charge in [0.1, 0.15) is 5.70 Å². The second-order valence-corrected chi connectivity index (χ2v) is 9.56. The summed E-state index contributed by atoms with van der Waals surface area (Å²) in [5, 5.41) is 6.69. The first kappa shape index (κ1) is 28.8. The Kier molecular flexibility index (Phi) is 8.27. The van der Waals surface area contributed by atoms with Crippen molar-refractivity contribution in [3.05, 3.63) is 113 Å². The number of hydrogen-bond donors (Lipinski definition) is 2. The standard InChI is InChI=1S/C33H25N3O9/c1-40-28-15-21(8-11-27(28)45-33(39)23-9-12-26-30(16-23)44-19-42-26)17-34-36-32(38)24(35-31(37)22-5-3-2-4-6-22)13-20-7-10-25-29(14-20)43-18-41-25/h2-17H,18-19H2,1H3,(H,35,37)(H,36,38)/b24-13+,34-17-. The molecule has 4 aromatic carbocycles. The van der Waals surface area contributed by atoms with E-state index in [1.807, 2.05) is 0 Å². The van der Waals surface area contributed by atoms with Gasteiger partial charge in [-0.25, -0.2) is 10.2 Å². The molecule has 12 nitrogen and oxygen atoms in total. The molecule has 0 radical (unpaired) electrons. The molecule has 0 aliphatic carbocycles. The van der Waals surface area contributed by atoms with E-state index < -0.39 is 17.8 Å². The summed E-state index contributed by atoms with van der Waals surface area (Å²) in [5.74, 6) is 0.797. The molecule has 2 heterocycles. The number of carbonyl (C=O) groups excluding carboxylic acids is 3. The lowest BCUT2D eigenvalue weighted by molar-refractivity contribution is -0.117. The van der Waals surface area contributed by atoms with Crippen molar-refractivity contribution in [3.8, 4) is 34.5 Å². The molecular weight excluding hydrogens is 582 g/mol. The Hall–Kier alpha value is -6.30. The summed E-state index contributed by atoms with van der Waals surface area (Å²) in [5.41, 5.74) is 4.15. The van der Waals surface area contributed by atoms with Gasteiger partial charge in [-0.15, -0.1) is 0 Å². The van der Waals surface area contributed by atoms with Gasteiger partial charge in [0.2, 0.25) is 13.6 Å². The van der Waals surface area contributed by atoms with E-state index in [-0.39, 0.29) is 36.3 Å². The van der Waals surface area contributed by atoms with E-state index in [1.54, 1.807) is 78.9 Å². The zero-order valence-corrected chi connectivity index (χ0v) is 23.8. The van der Waals surface area contributed by atoms with E-state index in [1.165, 1.54) is 25.5 Å². The van der Waals surface area contributed by atoms with Crippen LogP contribution in [-0.2, 0) is 4.79 Å². The zero-order valence-electron chi connectivity index (χ0n) is 23.8. The first-order chi connectivity index (χ1) is 22.0. The number of ether oxygens (including phenoxy) is 6. The van der Waals surface area contributed by atoms with E-state index in [0.29, 0.717) is 39.7 Å². The molecule has 12 heteroatoms. The van der Waals surface area contributed by atoms with Crippen LogP contribution in [0.4, 0.5) is 0 Å². The Morgan fingerprint density at radius 3 is 2.18 bits per heavy atom. The third-order valence-electron chi connectivity index (χ3n) is 6.61. The average molecular weight is 608 g/mol. The van der Waals surface area contributed by atoms with Crippen molar-refractivity contribution >= 4 is 30.1 Å². The smallest absolute Gasteiger partial charge is 0.343 e. The first-order valence-electron chi connectivity index (χ1n) is 13.6. The summed E-state index contributed by atoms with van der Waals surface area (Å²) in [7, 11) is 1.43. The number of nitrogens with zero attached hydrogens (tertiary/aromatic N) is 1. The van der Waals surface area contributed by atoms with E-state index >= 15 is 0 Å². The average Bonchev–Trinajstić information content (AvgIpc) is 3.74. The van der Waals surface area contributed by atoms with Crippen molar-refractivity contribution in [1.82, 2.24) is 10.7 Å². The van der Waals surface area contributed by atoms with Gasteiger partial charge in [-0.3, -0.25) is 9.59 Å². The fourth-order valence-corrected chi connectivity index (χ4v) is 4.37. The van der Waals surface area contributed by atoms with Gasteiger partial charge in [0, 0.05) is 5.56 Å². The van der Waals surface area contributed by atoms with Gasteiger partial charge in [-0.05, 0) is 77.9 Å². The summed E-state index contributed by atoms with van der Waals surface area (Å²) in [6.45, 7) is 0.189. The topological polar surface area (TPSA) is 143 Å². The first-order valence-corrected chi connectivity index (χ1v) is 13.6. The van der Waals surface area contributed by atoms with Crippen LogP contribution in [0.5, 0.6) is 34.5 Å². The maximum atomic E-state index is 13.2.